The molecule has 0 saturated carbocycles. The Hall–Kier alpha value is -3.21. The fourth-order valence-corrected chi connectivity index (χ4v) is 5.44. The number of aryl methyl sites for hydroxylation is 2. The minimum Gasteiger partial charge on any atom is -0.495 e. The summed E-state index contributed by atoms with van der Waals surface area (Å²) in [6.45, 7) is 5.79. The summed E-state index contributed by atoms with van der Waals surface area (Å²) in [4.78, 5) is 12.8. The predicted octanol–water partition coefficient (Wildman–Crippen LogP) is 2.83. The van der Waals surface area contributed by atoms with Crippen LogP contribution in [0.1, 0.15) is 27.3 Å². The van der Waals surface area contributed by atoms with Crippen LogP contribution in [0, 0.1) is 13.8 Å². The Morgan fingerprint density at radius 3 is 2.41 bits per heavy atom. The molecule has 0 radical (unpaired) electrons. The molecular formula is C24H28N4O5S. The van der Waals surface area contributed by atoms with Crippen LogP contribution in [0.5, 0.6) is 5.75 Å². The van der Waals surface area contributed by atoms with Gasteiger partial charge in [-0.05, 0) is 55.8 Å². The zero-order valence-corrected chi connectivity index (χ0v) is 20.3. The van der Waals surface area contributed by atoms with Crippen molar-refractivity contribution in [2.75, 3.05) is 38.7 Å². The van der Waals surface area contributed by atoms with E-state index in [0.717, 1.165) is 17.0 Å². The van der Waals surface area contributed by atoms with Crippen molar-refractivity contribution in [2.24, 2.45) is 0 Å². The minimum atomic E-state index is -3.80. The molecule has 9 nitrogen and oxygen atoms in total. The van der Waals surface area contributed by atoms with Crippen molar-refractivity contribution in [1.29, 1.82) is 0 Å². The van der Waals surface area contributed by atoms with E-state index in [4.69, 9.17) is 9.47 Å². The summed E-state index contributed by atoms with van der Waals surface area (Å²) in [5, 5.41) is 7.25. The molecule has 180 valence electrons. The topological polar surface area (TPSA) is 103 Å². The van der Waals surface area contributed by atoms with Crippen molar-refractivity contribution in [3.05, 3.63) is 71.0 Å². The lowest BCUT2D eigenvalue weighted by Crippen LogP contribution is -2.40. The van der Waals surface area contributed by atoms with Crippen LogP contribution in [0.2, 0.25) is 0 Å². The monoisotopic (exact) mass is 484 g/mol. The Bertz CT molecular complexity index is 1280. The first-order valence-corrected chi connectivity index (χ1v) is 12.4. The summed E-state index contributed by atoms with van der Waals surface area (Å²) >= 11 is 0. The number of rotatable bonds is 7. The molecule has 1 aliphatic rings. The van der Waals surface area contributed by atoms with Gasteiger partial charge in [-0.2, -0.15) is 9.40 Å². The molecule has 2 heterocycles. The number of morpholine rings is 1. The summed E-state index contributed by atoms with van der Waals surface area (Å²) in [5.41, 5.74) is 3.88. The standard InChI is InChI=1S/C24H28N4O5S/c1-17-14-18(2)28(26-17)16-19-4-6-20(7-5-19)24(29)25-21-8-9-22(32-3)23(15-21)34(30,31)27-10-12-33-13-11-27/h4-9,14-15H,10-13,16H2,1-3H3,(H,25,29). The second-order valence-corrected chi connectivity index (χ2v) is 10.0. The number of anilines is 1. The third-order valence-corrected chi connectivity index (χ3v) is 7.58. The number of benzene rings is 2. The highest BCUT2D eigenvalue weighted by atomic mass is 32.2. The predicted molar refractivity (Wildman–Crippen MR) is 128 cm³/mol. The smallest absolute Gasteiger partial charge is 0.255 e. The van der Waals surface area contributed by atoms with Crippen molar-refractivity contribution in [1.82, 2.24) is 14.1 Å². The molecule has 1 saturated heterocycles. The molecule has 2 aromatic carbocycles. The van der Waals surface area contributed by atoms with E-state index >= 15 is 0 Å². The normalized spacial score (nSPS) is 14.7. The fourth-order valence-electron chi connectivity index (χ4n) is 3.85. The molecule has 1 N–H and O–H groups in total. The highest BCUT2D eigenvalue weighted by Gasteiger charge is 2.29. The second kappa shape index (κ2) is 9.96. The number of ether oxygens (including phenoxy) is 2. The highest BCUT2D eigenvalue weighted by molar-refractivity contribution is 7.89. The molecule has 10 heteroatoms. The van der Waals surface area contributed by atoms with Gasteiger partial charge in [0.2, 0.25) is 10.0 Å². The van der Waals surface area contributed by atoms with Gasteiger partial charge in [0.15, 0.2) is 0 Å². The Morgan fingerprint density at radius 2 is 1.79 bits per heavy atom. The number of hydrogen-bond donors (Lipinski definition) is 1. The molecular weight excluding hydrogens is 456 g/mol. The Labute approximate surface area is 199 Å². The van der Waals surface area contributed by atoms with E-state index in [2.05, 4.69) is 10.4 Å². The van der Waals surface area contributed by atoms with Crippen molar-refractivity contribution in [2.45, 2.75) is 25.3 Å². The zero-order chi connectivity index (χ0) is 24.3. The third kappa shape index (κ3) is 5.14. The summed E-state index contributed by atoms with van der Waals surface area (Å²) < 4.78 is 40.1. The lowest BCUT2D eigenvalue weighted by molar-refractivity contribution is 0.0729. The van der Waals surface area contributed by atoms with Gasteiger partial charge in [0.1, 0.15) is 10.6 Å². The highest BCUT2D eigenvalue weighted by Crippen LogP contribution is 2.30. The average molecular weight is 485 g/mol. The third-order valence-electron chi connectivity index (χ3n) is 5.66. The summed E-state index contributed by atoms with van der Waals surface area (Å²) in [5.74, 6) is -0.115. The Kier molecular flexibility index (Phi) is 7.01. The van der Waals surface area contributed by atoms with Gasteiger partial charge in [0.25, 0.3) is 5.91 Å². The number of nitrogens with zero attached hydrogens (tertiary/aromatic N) is 3. The molecule has 1 amide bonds. The molecule has 1 aromatic heterocycles. The average Bonchev–Trinajstić information content (AvgIpc) is 3.16. The molecule has 1 fully saturated rings. The number of amides is 1. The van der Waals surface area contributed by atoms with Crippen LogP contribution in [-0.2, 0) is 21.3 Å². The van der Waals surface area contributed by atoms with Gasteiger partial charge in [0, 0.05) is 30.0 Å². The van der Waals surface area contributed by atoms with E-state index in [1.807, 2.05) is 36.7 Å². The zero-order valence-electron chi connectivity index (χ0n) is 19.4. The van der Waals surface area contributed by atoms with Crippen LogP contribution in [0.25, 0.3) is 0 Å². The van der Waals surface area contributed by atoms with Crippen LogP contribution < -0.4 is 10.1 Å². The van der Waals surface area contributed by atoms with E-state index in [1.165, 1.54) is 17.5 Å². The van der Waals surface area contributed by atoms with E-state index in [0.29, 0.717) is 31.0 Å². The van der Waals surface area contributed by atoms with Crippen molar-refractivity contribution >= 4 is 21.6 Å². The summed E-state index contributed by atoms with van der Waals surface area (Å²) in [6, 6.07) is 13.9. The maximum absolute atomic E-state index is 13.2. The first-order valence-electron chi connectivity index (χ1n) is 11.0. The van der Waals surface area contributed by atoms with Crippen molar-refractivity contribution in [3.63, 3.8) is 0 Å². The molecule has 4 rings (SSSR count). The van der Waals surface area contributed by atoms with E-state index in [9.17, 15) is 13.2 Å². The number of carbonyl (C=O) groups is 1. The van der Waals surface area contributed by atoms with E-state index < -0.39 is 10.0 Å². The van der Waals surface area contributed by atoms with Crippen LogP contribution in [0.4, 0.5) is 5.69 Å². The van der Waals surface area contributed by atoms with Crippen LogP contribution in [0.15, 0.2) is 53.4 Å². The van der Waals surface area contributed by atoms with Crippen LogP contribution >= 0.6 is 0 Å². The van der Waals surface area contributed by atoms with Crippen molar-refractivity contribution < 1.29 is 22.7 Å². The quantitative estimate of drug-likeness (QED) is 0.553. The summed E-state index contributed by atoms with van der Waals surface area (Å²) in [7, 11) is -2.38. The van der Waals surface area contributed by atoms with Gasteiger partial charge in [0.05, 0.1) is 32.6 Å². The molecule has 34 heavy (non-hydrogen) atoms. The fraction of sp³-hybridized carbons (Fsp3) is 0.333. The molecule has 0 bridgehead atoms. The number of aromatic nitrogens is 2. The molecule has 0 unspecified atom stereocenters. The molecule has 0 aliphatic carbocycles. The SMILES string of the molecule is COc1ccc(NC(=O)c2ccc(Cn3nc(C)cc3C)cc2)cc1S(=O)(=O)N1CCOCC1. The molecule has 3 aromatic rings. The maximum Gasteiger partial charge on any atom is 0.255 e. The molecule has 0 atom stereocenters. The number of sulfonamides is 1. The maximum atomic E-state index is 13.2. The Morgan fingerprint density at radius 1 is 1.09 bits per heavy atom. The Balaban J connectivity index is 1.50. The van der Waals surface area contributed by atoms with Gasteiger partial charge in [-0.25, -0.2) is 8.42 Å². The largest absolute Gasteiger partial charge is 0.495 e. The molecule has 1 aliphatic heterocycles. The number of hydrogen-bond acceptors (Lipinski definition) is 6. The minimum absolute atomic E-state index is 0.00920. The first kappa shape index (κ1) is 23.9. The first-order chi connectivity index (χ1) is 16.3. The van der Waals surface area contributed by atoms with Gasteiger partial charge >= 0.3 is 0 Å². The second-order valence-electron chi connectivity index (χ2n) is 8.12. The van der Waals surface area contributed by atoms with Crippen molar-refractivity contribution in [3.8, 4) is 5.75 Å². The van der Waals surface area contributed by atoms with E-state index in [1.54, 1.807) is 24.3 Å². The lowest BCUT2D eigenvalue weighted by Gasteiger charge is -2.26. The van der Waals surface area contributed by atoms with Gasteiger partial charge in [-0.3, -0.25) is 9.48 Å². The lowest BCUT2D eigenvalue weighted by atomic mass is 10.1. The number of methoxy groups -OCH3 is 1. The van der Waals surface area contributed by atoms with Crippen LogP contribution in [0.3, 0.4) is 0 Å². The van der Waals surface area contributed by atoms with Crippen LogP contribution in [-0.4, -0.2) is 61.8 Å². The number of nitrogens with one attached hydrogen (secondary N) is 1. The molecule has 0 spiro atoms. The summed E-state index contributed by atoms with van der Waals surface area (Å²) in [6.07, 6.45) is 0. The number of carbonyl (C=O) groups excluding carboxylic acids is 1. The van der Waals surface area contributed by atoms with E-state index in [-0.39, 0.29) is 29.6 Å². The van der Waals surface area contributed by atoms with Gasteiger partial charge < -0.3 is 14.8 Å². The van der Waals surface area contributed by atoms with Gasteiger partial charge in [-0.15, -0.1) is 0 Å². The van der Waals surface area contributed by atoms with Gasteiger partial charge in [-0.1, -0.05) is 12.1 Å².